The van der Waals surface area contributed by atoms with Crippen LogP contribution in [0.5, 0.6) is 0 Å². The molecule has 148 valence electrons. The van der Waals surface area contributed by atoms with Gasteiger partial charge in [0.2, 0.25) is 0 Å². The SMILES string of the molecule is Cc1nn(Cn2ccc(C(=O)Nc3cnn(Cc4ccccc4)c3)n2)c(C)c1Br. The van der Waals surface area contributed by atoms with Crippen LogP contribution >= 0.6 is 15.9 Å². The Morgan fingerprint density at radius 3 is 2.62 bits per heavy atom. The number of aryl methyl sites for hydroxylation is 1. The first-order valence-electron chi connectivity index (χ1n) is 9.10. The van der Waals surface area contributed by atoms with Gasteiger partial charge in [0, 0.05) is 12.4 Å². The first-order valence-corrected chi connectivity index (χ1v) is 9.89. The topological polar surface area (TPSA) is 82.6 Å². The minimum absolute atomic E-state index is 0.280. The molecule has 1 aromatic carbocycles. The maximum absolute atomic E-state index is 12.5. The predicted molar refractivity (Wildman–Crippen MR) is 113 cm³/mol. The summed E-state index contributed by atoms with van der Waals surface area (Å²) >= 11 is 3.52. The molecule has 4 aromatic rings. The van der Waals surface area contributed by atoms with Crippen LogP contribution in [0.15, 0.2) is 59.5 Å². The Labute approximate surface area is 176 Å². The van der Waals surface area contributed by atoms with Crippen molar-refractivity contribution < 1.29 is 4.79 Å². The van der Waals surface area contributed by atoms with E-state index < -0.39 is 0 Å². The molecule has 0 fully saturated rings. The molecule has 9 heteroatoms. The second kappa shape index (κ2) is 8.04. The van der Waals surface area contributed by atoms with Gasteiger partial charge in [-0.1, -0.05) is 30.3 Å². The van der Waals surface area contributed by atoms with E-state index in [-0.39, 0.29) is 5.91 Å². The third-order valence-corrected chi connectivity index (χ3v) is 5.67. The van der Waals surface area contributed by atoms with Crippen LogP contribution < -0.4 is 5.32 Å². The average Bonchev–Trinajstić information content (AvgIpc) is 3.41. The van der Waals surface area contributed by atoms with Crippen LogP contribution in [0.3, 0.4) is 0 Å². The minimum atomic E-state index is -0.280. The summed E-state index contributed by atoms with van der Waals surface area (Å²) in [6, 6.07) is 11.7. The summed E-state index contributed by atoms with van der Waals surface area (Å²) < 4.78 is 6.28. The molecular weight excluding hydrogens is 434 g/mol. The van der Waals surface area contributed by atoms with Crippen LogP contribution in [0.1, 0.15) is 27.4 Å². The lowest BCUT2D eigenvalue weighted by Gasteiger charge is -2.04. The van der Waals surface area contributed by atoms with Gasteiger partial charge in [0.1, 0.15) is 6.67 Å². The van der Waals surface area contributed by atoms with E-state index in [1.54, 1.807) is 34.0 Å². The number of halogens is 1. The normalized spacial score (nSPS) is 11.0. The fourth-order valence-corrected chi connectivity index (χ4v) is 3.28. The van der Waals surface area contributed by atoms with Crippen LogP contribution in [0.25, 0.3) is 0 Å². The molecule has 1 amide bonds. The Morgan fingerprint density at radius 1 is 1.10 bits per heavy atom. The van der Waals surface area contributed by atoms with E-state index in [9.17, 15) is 4.79 Å². The van der Waals surface area contributed by atoms with Crippen LogP contribution in [0, 0.1) is 13.8 Å². The predicted octanol–water partition coefficient (Wildman–Crippen LogP) is 3.46. The van der Waals surface area contributed by atoms with Gasteiger partial charge in [-0.15, -0.1) is 0 Å². The average molecular weight is 454 g/mol. The van der Waals surface area contributed by atoms with Gasteiger partial charge in [-0.25, -0.2) is 4.68 Å². The zero-order chi connectivity index (χ0) is 20.4. The highest BCUT2D eigenvalue weighted by molar-refractivity contribution is 9.10. The molecule has 4 rings (SSSR count). The standard InChI is InChI=1S/C20H20BrN7O/c1-14-19(21)15(2)28(24-14)13-26-9-8-18(25-26)20(29)23-17-10-22-27(12-17)11-16-6-4-3-5-7-16/h3-10,12H,11,13H2,1-2H3,(H,23,29). The number of amides is 1. The largest absolute Gasteiger partial charge is 0.318 e. The molecule has 0 spiro atoms. The zero-order valence-electron chi connectivity index (χ0n) is 16.1. The van der Waals surface area contributed by atoms with Crippen molar-refractivity contribution in [2.75, 3.05) is 5.32 Å². The fraction of sp³-hybridized carbons (Fsp3) is 0.200. The Bertz CT molecular complexity index is 1140. The van der Waals surface area contributed by atoms with Crippen molar-refractivity contribution in [2.45, 2.75) is 27.1 Å². The lowest BCUT2D eigenvalue weighted by Crippen LogP contribution is -2.15. The zero-order valence-corrected chi connectivity index (χ0v) is 17.7. The van der Waals surface area contributed by atoms with Gasteiger partial charge in [0.25, 0.3) is 5.91 Å². The third kappa shape index (κ3) is 4.29. The van der Waals surface area contributed by atoms with Gasteiger partial charge in [0.05, 0.1) is 34.3 Å². The number of nitrogens with zero attached hydrogens (tertiary/aromatic N) is 6. The summed E-state index contributed by atoms with van der Waals surface area (Å²) in [5, 5.41) is 16.0. The van der Waals surface area contributed by atoms with Gasteiger partial charge in [-0.05, 0) is 41.4 Å². The van der Waals surface area contributed by atoms with E-state index >= 15 is 0 Å². The summed E-state index contributed by atoms with van der Waals surface area (Å²) in [4.78, 5) is 12.5. The Kier molecular flexibility index (Phi) is 5.30. The highest BCUT2D eigenvalue weighted by Crippen LogP contribution is 2.19. The summed E-state index contributed by atoms with van der Waals surface area (Å²) in [6.07, 6.45) is 5.19. The molecule has 0 aliphatic carbocycles. The van der Waals surface area contributed by atoms with Crippen molar-refractivity contribution in [3.8, 4) is 0 Å². The van der Waals surface area contributed by atoms with Crippen LogP contribution in [-0.2, 0) is 13.2 Å². The molecule has 0 radical (unpaired) electrons. The Hall–Kier alpha value is -3.20. The van der Waals surface area contributed by atoms with E-state index in [4.69, 9.17) is 0 Å². The van der Waals surface area contributed by atoms with E-state index in [0.29, 0.717) is 24.6 Å². The molecular formula is C20H20BrN7O. The van der Waals surface area contributed by atoms with Crippen LogP contribution in [-0.4, -0.2) is 35.2 Å². The summed E-state index contributed by atoms with van der Waals surface area (Å²) in [7, 11) is 0. The van der Waals surface area contributed by atoms with Crippen molar-refractivity contribution in [3.05, 3.63) is 82.1 Å². The molecule has 0 aliphatic heterocycles. The number of nitrogens with one attached hydrogen (secondary N) is 1. The third-order valence-electron chi connectivity index (χ3n) is 4.52. The van der Waals surface area contributed by atoms with Gasteiger partial charge in [-0.2, -0.15) is 15.3 Å². The molecule has 3 heterocycles. The number of anilines is 1. The molecule has 0 bridgehead atoms. The molecule has 8 nitrogen and oxygen atoms in total. The van der Waals surface area contributed by atoms with E-state index in [0.717, 1.165) is 21.4 Å². The molecule has 0 saturated heterocycles. The molecule has 0 unspecified atom stereocenters. The van der Waals surface area contributed by atoms with Crippen LogP contribution in [0.2, 0.25) is 0 Å². The van der Waals surface area contributed by atoms with E-state index in [1.807, 2.05) is 48.9 Å². The lowest BCUT2D eigenvalue weighted by molar-refractivity contribution is 0.102. The fourth-order valence-electron chi connectivity index (χ4n) is 2.99. The summed E-state index contributed by atoms with van der Waals surface area (Å²) in [6.45, 7) is 4.99. The Balaban J connectivity index is 1.40. The lowest BCUT2D eigenvalue weighted by atomic mass is 10.2. The summed E-state index contributed by atoms with van der Waals surface area (Å²) in [5.41, 5.74) is 4.03. The maximum Gasteiger partial charge on any atom is 0.276 e. The van der Waals surface area contributed by atoms with Gasteiger partial charge in [-0.3, -0.25) is 14.2 Å². The number of hydrogen-bond donors (Lipinski definition) is 1. The van der Waals surface area contributed by atoms with Crippen molar-refractivity contribution in [1.82, 2.24) is 29.3 Å². The van der Waals surface area contributed by atoms with Crippen molar-refractivity contribution >= 4 is 27.5 Å². The van der Waals surface area contributed by atoms with Crippen molar-refractivity contribution in [1.29, 1.82) is 0 Å². The van der Waals surface area contributed by atoms with E-state index in [2.05, 4.69) is 36.5 Å². The Morgan fingerprint density at radius 2 is 1.90 bits per heavy atom. The second-order valence-corrected chi connectivity index (χ2v) is 7.53. The van der Waals surface area contributed by atoms with Crippen LogP contribution in [0.4, 0.5) is 5.69 Å². The summed E-state index contributed by atoms with van der Waals surface area (Å²) in [5.74, 6) is -0.280. The number of aromatic nitrogens is 6. The molecule has 1 N–H and O–H groups in total. The van der Waals surface area contributed by atoms with Gasteiger partial charge in [0.15, 0.2) is 5.69 Å². The molecule has 0 atom stereocenters. The number of rotatable bonds is 6. The monoisotopic (exact) mass is 453 g/mol. The highest BCUT2D eigenvalue weighted by Gasteiger charge is 2.13. The number of carbonyl (C=O) groups is 1. The van der Waals surface area contributed by atoms with Gasteiger partial charge < -0.3 is 5.32 Å². The smallest absolute Gasteiger partial charge is 0.276 e. The maximum atomic E-state index is 12.5. The highest BCUT2D eigenvalue weighted by atomic mass is 79.9. The van der Waals surface area contributed by atoms with Crippen molar-refractivity contribution in [3.63, 3.8) is 0 Å². The molecule has 29 heavy (non-hydrogen) atoms. The quantitative estimate of drug-likeness (QED) is 0.484. The number of benzene rings is 1. The minimum Gasteiger partial charge on any atom is -0.318 e. The molecule has 0 saturated carbocycles. The van der Waals surface area contributed by atoms with Gasteiger partial charge >= 0.3 is 0 Å². The number of hydrogen-bond acceptors (Lipinski definition) is 4. The first-order chi connectivity index (χ1) is 14.0. The molecule has 0 aliphatic rings. The second-order valence-electron chi connectivity index (χ2n) is 6.73. The molecule has 3 aromatic heterocycles. The number of carbonyl (C=O) groups excluding carboxylic acids is 1. The van der Waals surface area contributed by atoms with E-state index in [1.165, 1.54) is 0 Å². The van der Waals surface area contributed by atoms with Crippen molar-refractivity contribution in [2.24, 2.45) is 0 Å². The first kappa shape index (κ1) is 19.1.